The molecule has 1 fully saturated rings. The van der Waals surface area contributed by atoms with Crippen LogP contribution in [0.3, 0.4) is 0 Å². The van der Waals surface area contributed by atoms with Crippen LogP contribution in [-0.4, -0.2) is 60.3 Å². The van der Waals surface area contributed by atoms with Gasteiger partial charge < -0.3 is 20.3 Å². The lowest BCUT2D eigenvalue weighted by Crippen LogP contribution is -2.43. The molecule has 2 heterocycles. The molecule has 2 aliphatic heterocycles. The minimum Gasteiger partial charge on any atom is -0.507 e. The first-order valence-corrected chi connectivity index (χ1v) is 11.5. The molecule has 0 spiro atoms. The van der Waals surface area contributed by atoms with Crippen molar-refractivity contribution in [2.75, 3.05) is 39.5 Å². The summed E-state index contributed by atoms with van der Waals surface area (Å²) in [5.74, 6) is 0.751. The number of nitrogens with one attached hydrogen (secondary N) is 1. The van der Waals surface area contributed by atoms with E-state index in [1.54, 1.807) is 0 Å². The van der Waals surface area contributed by atoms with Gasteiger partial charge in [-0.2, -0.15) is 5.10 Å². The molecule has 2 aromatic carbocycles. The number of hydrogen-bond acceptors (Lipinski definition) is 6. The van der Waals surface area contributed by atoms with Crippen LogP contribution in [0.1, 0.15) is 24.0 Å². The van der Waals surface area contributed by atoms with Crippen molar-refractivity contribution >= 4 is 28.8 Å². The molecule has 2 aliphatic rings. The molecular formula is C25H30N4O3S. The Hall–Kier alpha value is -2.94. The summed E-state index contributed by atoms with van der Waals surface area (Å²) in [4.78, 5) is 2.37. The summed E-state index contributed by atoms with van der Waals surface area (Å²) in [5, 5.41) is 16.0. The third-order valence-corrected chi connectivity index (χ3v) is 6.29. The molecule has 1 saturated heterocycles. The Morgan fingerprint density at radius 3 is 2.58 bits per heavy atom. The van der Waals surface area contributed by atoms with E-state index in [1.807, 2.05) is 49.4 Å². The lowest BCUT2D eigenvalue weighted by molar-refractivity contribution is 0.0333. The molecule has 174 valence electrons. The summed E-state index contributed by atoms with van der Waals surface area (Å²) in [6.45, 7) is 6.12. The summed E-state index contributed by atoms with van der Waals surface area (Å²) in [6, 6.07) is 17.8. The molecule has 2 aromatic rings. The van der Waals surface area contributed by atoms with Gasteiger partial charge in [0, 0.05) is 42.8 Å². The van der Waals surface area contributed by atoms with E-state index in [4.69, 9.17) is 27.4 Å². The first kappa shape index (κ1) is 23.2. The molecule has 0 amide bonds. The third kappa shape index (κ3) is 5.52. The first-order chi connectivity index (χ1) is 16.0. The van der Waals surface area contributed by atoms with Crippen molar-refractivity contribution in [3.63, 3.8) is 0 Å². The van der Waals surface area contributed by atoms with Crippen molar-refractivity contribution in [3.8, 4) is 5.75 Å². The Kier molecular flexibility index (Phi) is 7.59. The number of morpholine rings is 1. The number of rotatable bonds is 7. The van der Waals surface area contributed by atoms with E-state index in [0.29, 0.717) is 31.1 Å². The monoisotopic (exact) mass is 466 g/mol. The number of hydrogen-bond donors (Lipinski definition) is 3. The molecule has 0 radical (unpaired) electrons. The second-order valence-corrected chi connectivity index (χ2v) is 8.74. The predicted molar refractivity (Wildman–Crippen MR) is 134 cm³/mol. The standard InChI is InChI=1S/C25H30N4O3S/c1-17(27-28-25(26)33)20(15-29-11-13-31-14-12-29)23(18-7-3-2-4-8-18)21-16-32-22-10-6-5-9-19(22)24(21)30/h2-10,20,23,30H,11-16H2,1H3,(H3,26,28,33). The SMILES string of the molecule is CC(=NNC(N)=S)C(CN1CCOCC1)C(C1=C(O)c2ccccc2OC1)c1ccccc1. The molecular weight excluding hydrogens is 436 g/mol. The van der Waals surface area contributed by atoms with Crippen LogP contribution in [0.25, 0.3) is 5.76 Å². The highest BCUT2D eigenvalue weighted by molar-refractivity contribution is 7.80. The van der Waals surface area contributed by atoms with Crippen LogP contribution in [-0.2, 0) is 4.74 Å². The van der Waals surface area contributed by atoms with Crippen molar-refractivity contribution in [2.45, 2.75) is 12.8 Å². The first-order valence-electron chi connectivity index (χ1n) is 11.1. The number of hydrazone groups is 1. The molecule has 0 aromatic heterocycles. The van der Waals surface area contributed by atoms with Crippen molar-refractivity contribution in [1.82, 2.24) is 10.3 Å². The van der Waals surface area contributed by atoms with Gasteiger partial charge in [-0.25, -0.2) is 0 Å². The predicted octanol–water partition coefficient (Wildman–Crippen LogP) is 3.29. The zero-order valence-electron chi connectivity index (χ0n) is 18.7. The highest BCUT2D eigenvalue weighted by atomic mass is 32.1. The molecule has 2 unspecified atom stereocenters. The van der Waals surface area contributed by atoms with Crippen molar-refractivity contribution in [1.29, 1.82) is 0 Å². The van der Waals surface area contributed by atoms with Crippen LogP contribution >= 0.6 is 12.2 Å². The minimum atomic E-state index is -0.153. The molecule has 4 N–H and O–H groups in total. The maximum Gasteiger partial charge on any atom is 0.184 e. The smallest absolute Gasteiger partial charge is 0.184 e. The quantitative estimate of drug-likeness (QED) is 0.328. The van der Waals surface area contributed by atoms with Crippen molar-refractivity contribution in [3.05, 3.63) is 71.3 Å². The van der Waals surface area contributed by atoms with Gasteiger partial charge in [-0.15, -0.1) is 0 Å². The number of nitrogens with zero attached hydrogens (tertiary/aromatic N) is 2. The number of benzene rings is 2. The molecule has 4 rings (SSSR count). The largest absolute Gasteiger partial charge is 0.507 e. The van der Waals surface area contributed by atoms with Gasteiger partial charge in [0.2, 0.25) is 0 Å². The number of aliphatic hydroxyl groups excluding tert-OH is 1. The Bertz CT molecular complexity index is 1030. The van der Waals surface area contributed by atoms with E-state index >= 15 is 0 Å². The van der Waals surface area contributed by atoms with Gasteiger partial charge in [-0.3, -0.25) is 10.3 Å². The fourth-order valence-electron chi connectivity index (χ4n) is 4.53. The van der Waals surface area contributed by atoms with Gasteiger partial charge in [0.15, 0.2) is 5.11 Å². The van der Waals surface area contributed by atoms with Crippen molar-refractivity contribution < 1.29 is 14.6 Å². The van der Waals surface area contributed by atoms with Crippen LogP contribution < -0.4 is 15.9 Å². The molecule has 7 nitrogen and oxygen atoms in total. The maximum absolute atomic E-state index is 11.4. The average molecular weight is 467 g/mol. The number of para-hydroxylation sites is 1. The number of nitrogens with two attached hydrogens (primary N) is 1. The fourth-order valence-corrected chi connectivity index (χ4v) is 4.57. The van der Waals surface area contributed by atoms with E-state index < -0.39 is 0 Å². The number of aliphatic hydroxyl groups is 1. The van der Waals surface area contributed by atoms with E-state index in [9.17, 15) is 5.11 Å². The minimum absolute atomic E-state index is 0.0571. The molecule has 8 heteroatoms. The fraction of sp³-hybridized carbons (Fsp3) is 0.360. The summed E-state index contributed by atoms with van der Waals surface area (Å²) in [6.07, 6.45) is 0. The van der Waals surface area contributed by atoms with Crippen molar-refractivity contribution in [2.24, 2.45) is 16.8 Å². The van der Waals surface area contributed by atoms with Crippen LogP contribution in [0.5, 0.6) is 5.75 Å². The Morgan fingerprint density at radius 1 is 1.15 bits per heavy atom. The second-order valence-electron chi connectivity index (χ2n) is 8.30. The maximum atomic E-state index is 11.4. The molecule has 0 bridgehead atoms. The normalized spacial score (nSPS) is 18.8. The van der Waals surface area contributed by atoms with E-state index in [-0.39, 0.29) is 22.7 Å². The number of ether oxygens (including phenoxy) is 2. The van der Waals surface area contributed by atoms with Gasteiger partial charge in [-0.1, -0.05) is 42.5 Å². The third-order valence-electron chi connectivity index (χ3n) is 6.20. The molecule has 0 saturated carbocycles. The zero-order chi connectivity index (χ0) is 23.2. The Balaban J connectivity index is 1.80. The lowest BCUT2D eigenvalue weighted by Gasteiger charge is -2.37. The van der Waals surface area contributed by atoms with Gasteiger partial charge in [-0.05, 0) is 36.8 Å². The van der Waals surface area contributed by atoms with Gasteiger partial charge in [0.25, 0.3) is 0 Å². The molecule has 2 atom stereocenters. The summed E-state index contributed by atoms with van der Waals surface area (Å²) in [5.41, 5.74) is 11.9. The highest BCUT2D eigenvalue weighted by Crippen LogP contribution is 2.41. The average Bonchev–Trinajstić information content (AvgIpc) is 2.85. The summed E-state index contributed by atoms with van der Waals surface area (Å²) >= 11 is 4.97. The van der Waals surface area contributed by atoms with Gasteiger partial charge in [0.1, 0.15) is 18.1 Å². The van der Waals surface area contributed by atoms with Crippen LogP contribution in [0.15, 0.2) is 65.3 Å². The lowest BCUT2D eigenvalue weighted by atomic mass is 9.76. The van der Waals surface area contributed by atoms with Crippen LogP contribution in [0.2, 0.25) is 0 Å². The number of fused-ring (bicyclic) bond motifs is 1. The molecule has 33 heavy (non-hydrogen) atoms. The number of thiocarbonyl (C=S) groups is 1. The second kappa shape index (κ2) is 10.8. The highest BCUT2D eigenvalue weighted by Gasteiger charge is 2.35. The zero-order valence-corrected chi connectivity index (χ0v) is 19.6. The van der Waals surface area contributed by atoms with Gasteiger partial charge in [0.05, 0.1) is 18.8 Å². The van der Waals surface area contributed by atoms with E-state index in [2.05, 4.69) is 27.6 Å². The Morgan fingerprint density at radius 2 is 1.85 bits per heavy atom. The summed E-state index contributed by atoms with van der Waals surface area (Å²) < 4.78 is 11.6. The van der Waals surface area contributed by atoms with E-state index in [0.717, 1.165) is 36.5 Å². The Labute approximate surface area is 199 Å². The van der Waals surface area contributed by atoms with Crippen LogP contribution in [0.4, 0.5) is 0 Å². The van der Waals surface area contributed by atoms with Gasteiger partial charge >= 0.3 is 0 Å². The van der Waals surface area contributed by atoms with E-state index in [1.165, 1.54) is 0 Å². The topological polar surface area (TPSA) is 92.3 Å². The summed E-state index contributed by atoms with van der Waals surface area (Å²) in [7, 11) is 0. The molecule has 0 aliphatic carbocycles. The van der Waals surface area contributed by atoms with Crippen LogP contribution in [0, 0.1) is 5.92 Å².